The molecule has 2 aliphatic rings. The molecule has 14 nitrogen and oxygen atoms in total. The van der Waals surface area contributed by atoms with Crippen molar-refractivity contribution in [3.8, 4) is 0 Å². The molecule has 182 valence electrons. The summed E-state index contributed by atoms with van der Waals surface area (Å²) in [7, 11) is -5.01. The van der Waals surface area contributed by atoms with Crippen molar-refractivity contribution in [2.75, 3.05) is 18.9 Å². The molecule has 0 bridgehead atoms. The molecule has 4 rings (SSSR count). The van der Waals surface area contributed by atoms with E-state index in [1.165, 1.54) is 17.2 Å². The highest BCUT2D eigenvalue weighted by molar-refractivity contribution is 7.46. The molecule has 0 amide bonds. The molecule has 33 heavy (non-hydrogen) atoms. The number of aromatic nitrogens is 4. The van der Waals surface area contributed by atoms with Crippen LogP contribution >= 0.6 is 7.82 Å². The number of fused-ring (bicyclic) bond motifs is 1. The number of nitrogens with two attached hydrogens (primary N) is 2. The molecule has 0 spiro atoms. The van der Waals surface area contributed by atoms with E-state index in [9.17, 15) is 24.5 Å². The third-order valence-electron chi connectivity index (χ3n) is 5.94. The molecule has 0 aliphatic carbocycles. The number of imidazole rings is 1. The lowest BCUT2D eigenvalue weighted by atomic mass is 10.0. The number of carbonyl (C=O) groups excluding carboxylic acids is 1. The van der Waals surface area contributed by atoms with Gasteiger partial charge in [0, 0.05) is 12.3 Å². The van der Waals surface area contributed by atoms with Gasteiger partial charge in [-0.1, -0.05) is 13.3 Å². The van der Waals surface area contributed by atoms with Crippen LogP contribution in [0.1, 0.15) is 32.4 Å². The first-order valence-electron chi connectivity index (χ1n) is 10.7. The Hall–Kier alpha value is -2.19. The topological polar surface area (TPSA) is 212 Å². The molecule has 1 unspecified atom stereocenters. The molecule has 2 saturated heterocycles. The Morgan fingerprint density at radius 3 is 2.94 bits per heavy atom. The Morgan fingerprint density at radius 2 is 2.18 bits per heavy atom. The molecule has 15 heteroatoms. The Bertz CT molecular complexity index is 1050. The zero-order valence-corrected chi connectivity index (χ0v) is 18.8. The minimum absolute atomic E-state index is 0.126. The van der Waals surface area contributed by atoms with Crippen LogP contribution in [0.5, 0.6) is 0 Å². The van der Waals surface area contributed by atoms with Crippen molar-refractivity contribution in [1.29, 1.82) is 0 Å². The quantitative estimate of drug-likeness (QED) is 0.293. The average Bonchev–Trinajstić information content (AvgIpc) is 3.47. The van der Waals surface area contributed by atoms with Gasteiger partial charge in [0.1, 0.15) is 30.2 Å². The molecule has 4 heterocycles. The Balaban J connectivity index is 1.35. The summed E-state index contributed by atoms with van der Waals surface area (Å²) in [6.45, 7) is 2.11. The van der Waals surface area contributed by atoms with Gasteiger partial charge < -0.3 is 39.9 Å². The highest BCUT2D eigenvalue weighted by Crippen LogP contribution is 2.41. The van der Waals surface area contributed by atoms with E-state index in [4.69, 9.17) is 15.0 Å². The van der Waals surface area contributed by atoms with Crippen molar-refractivity contribution >= 4 is 30.8 Å². The molecule has 6 N–H and O–H groups in total. The summed E-state index contributed by atoms with van der Waals surface area (Å²) in [6, 6.07) is -0.601. The first-order valence-corrected chi connectivity index (χ1v) is 12.1. The van der Waals surface area contributed by atoms with E-state index in [1.807, 2.05) is 6.92 Å². The highest BCUT2D eigenvalue weighted by Gasteiger charge is 2.45. The molecule has 2 aliphatic heterocycles. The second-order valence-electron chi connectivity index (χ2n) is 8.25. The van der Waals surface area contributed by atoms with Crippen molar-refractivity contribution < 1.29 is 43.6 Å². The zero-order valence-electron chi connectivity index (χ0n) is 17.9. The van der Waals surface area contributed by atoms with E-state index < -0.39 is 51.0 Å². The summed E-state index contributed by atoms with van der Waals surface area (Å²) in [4.78, 5) is 36.4. The van der Waals surface area contributed by atoms with Crippen molar-refractivity contribution in [3.05, 3.63) is 12.7 Å². The Kier molecular flexibility index (Phi) is 6.96. The normalized spacial score (nSPS) is 31.6. The summed E-state index contributed by atoms with van der Waals surface area (Å²) in [5, 5.41) is 22.5. The third kappa shape index (κ3) is 5.01. The van der Waals surface area contributed by atoms with Gasteiger partial charge in [-0.25, -0.2) is 19.7 Å². The number of ether oxygens (including phenoxy) is 1. The van der Waals surface area contributed by atoms with Gasteiger partial charge in [0.2, 0.25) is 0 Å². The largest absolute Gasteiger partial charge is 0.746 e. The summed E-state index contributed by atoms with van der Waals surface area (Å²) in [5.41, 5.74) is 6.29. The Labute approximate surface area is 188 Å². The number of phosphoric acid groups is 1. The maximum atomic E-state index is 12.2. The maximum Gasteiger partial charge on any atom is 0.370 e. The first-order chi connectivity index (χ1) is 15.7. The summed E-state index contributed by atoms with van der Waals surface area (Å²) in [5.74, 6) is -0.430. The van der Waals surface area contributed by atoms with Crippen LogP contribution < -0.4 is 15.9 Å². The molecular weight excluding hydrogens is 459 g/mol. The van der Waals surface area contributed by atoms with Gasteiger partial charge >= 0.3 is 13.8 Å². The number of anilines is 1. The monoisotopic (exact) mass is 486 g/mol. The fourth-order valence-corrected chi connectivity index (χ4v) is 5.00. The van der Waals surface area contributed by atoms with Crippen LogP contribution in [-0.2, 0) is 23.1 Å². The standard InChI is InChI=1S/C18H27N6O8P/c1-2-3-9-4-10(20-5-9)18(27)32-33(28,29)30-6-11-13(25)14(26)17(31-11)24-8-23-12-15(19)21-7-22-16(12)24/h7-11,13-14,17,20,25-26H,2-6H2,1H3,(H,28,29)(H2,19,21,22)/t9-,10+,11-,13-,14-,17-/m1/s1. The van der Waals surface area contributed by atoms with Crippen LogP contribution in [0, 0.1) is 5.92 Å². The van der Waals surface area contributed by atoms with Gasteiger partial charge in [-0.15, -0.1) is 0 Å². The smallest absolute Gasteiger partial charge is 0.370 e. The molecule has 7 atom stereocenters. The van der Waals surface area contributed by atoms with Gasteiger partial charge in [-0.3, -0.25) is 9.13 Å². The fraction of sp³-hybridized carbons (Fsp3) is 0.667. The van der Waals surface area contributed by atoms with Crippen LogP contribution in [0.2, 0.25) is 0 Å². The average molecular weight is 486 g/mol. The van der Waals surface area contributed by atoms with Crippen LogP contribution in [0.15, 0.2) is 12.7 Å². The summed E-state index contributed by atoms with van der Waals surface area (Å²) in [6.07, 6.45) is -0.291. The minimum Gasteiger partial charge on any atom is -0.746 e. The summed E-state index contributed by atoms with van der Waals surface area (Å²) >= 11 is 0. The second kappa shape index (κ2) is 9.58. The number of nitrogens with zero attached hydrogens (tertiary/aromatic N) is 4. The molecule has 2 fully saturated rings. The van der Waals surface area contributed by atoms with Crippen molar-refractivity contribution in [3.63, 3.8) is 0 Å². The lowest BCUT2D eigenvalue weighted by molar-refractivity contribution is -0.660. The maximum absolute atomic E-state index is 12.2. The molecule has 2 aromatic rings. The van der Waals surface area contributed by atoms with Crippen LogP contribution in [0.25, 0.3) is 11.2 Å². The molecule has 0 radical (unpaired) electrons. The van der Waals surface area contributed by atoms with Crippen LogP contribution in [-0.4, -0.2) is 73.2 Å². The number of rotatable bonds is 8. The van der Waals surface area contributed by atoms with Gasteiger partial charge in [0.25, 0.3) is 0 Å². The first kappa shape index (κ1) is 24.0. The predicted molar refractivity (Wildman–Crippen MR) is 109 cm³/mol. The SMILES string of the molecule is CCC[C@H]1C[NH2+][C@H](C(=O)OP(=O)([O-])OC[C@H]2O[C@@H](n3cnc4c(N)ncnc43)[C@H](O)[C@@H]2O)C1. The van der Waals surface area contributed by atoms with E-state index in [0.717, 1.165) is 19.4 Å². The lowest BCUT2D eigenvalue weighted by Crippen LogP contribution is -2.88. The highest BCUT2D eigenvalue weighted by atomic mass is 31.2. The van der Waals surface area contributed by atoms with Gasteiger partial charge in [-0.05, 0) is 6.42 Å². The molecular formula is C18H27N6O8P. The number of carbonyl (C=O) groups is 1. The fourth-order valence-electron chi connectivity index (χ4n) is 4.27. The summed E-state index contributed by atoms with van der Waals surface area (Å²) < 4.78 is 28.5. The number of phosphoric ester groups is 1. The van der Waals surface area contributed by atoms with E-state index in [1.54, 1.807) is 5.32 Å². The third-order valence-corrected chi connectivity index (χ3v) is 6.81. The van der Waals surface area contributed by atoms with Crippen molar-refractivity contribution in [2.45, 2.75) is 56.8 Å². The molecule has 0 saturated carbocycles. The number of nitrogen functional groups attached to an aromatic ring is 1. The Morgan fingerprint density at radius 1 is 1.39 bits per heavy atom. The van der Waals surface area contributed by atoms with E-state index in [2.05, 4.69) is 19.5 Å². The predicted octanol–water partition coefficient (Wildman–Crippen LogP) is -2.19. The zero-order chi connectivity index (χ0) is 23.8. The van der Waals surface area contributed by atoms with Gasteiger partial charge in [-0.2, -0.15) is 0 Å². The van der Waals surface area contributed by atoms with Crippen molar-refractivity contribution in [2.24, 2.45) is 5.92 Å². The van der Waals surface area contributed by atoms with Crippen LogP contribution in [0.3, 0.4) is 0 Å². The van der Waals surface area contributed by atoms with E-state index >= 15 is 0 Å². The van der Waals surface area contributed by atoms with Gasteiger partial charge in [0.05, 0.1) is 19.5 Å². The van der Waals surface area contributed by atoms with E-state index in [-0.39, 0.29) is 17.0 Å². The number of hydrogen-bond acceptors (Lipinski definition) is 12. The van der Waals surface area contributed by atoms with Gasteiger partial charge in [0.15, 0.2) is 23.7 Å². The number of aliphatic hydroxyl groups excluding tert-OH is 2. The number of aliphatic hydroxyl groups is 2. The van der Waals surface area contributed by atoms with E-state index in [0.29, 0.717) is 12.3 Å². The number of quaternary nitrogens is 1. The second-order valence-corrected chi connectivity index (χ2v) is 9.59. The molecule has 2 aromatic heterocycles. The van der Waals surface area contributed by atoms with Crippen LogP contribution in [0.4, 0.5) is 5.82 Å². The van der Waals surface area contributed by atoms with Crippen molar-refractivity contribution in [1.82, 2.24) is 19.5 Å². The molecule has 0 aromatic carbocycles. The minimum atomic E-state index is -5.01. The lowest BCUT2D eigenvalue weighted by Gasteiger charge is -2.25. The number of hydrogen-bond donors (Lipinski definition) is 4.